The maximum atomic E-state index is 12.8. The summed E-state index contributed by atoms with van der Waals surface area (Å²) < 4.78 is 5.28. The van der Waals surface area contributed by atoms with Crippen LogP contribution in [0.1, 0.15) is 28.6 Å². The van der Waals surface area contributed by atoms with Crippen LogP contribution in [0.4, 0.5) is 5.69 Å². The van der Waals surface area contributed by atoms with Crippen molar-refractivity contribution in [2.24, 2.45) is 0 Å². The molecule has 1 N–H and O–H groups in total. The van der Waals surface area contributed by atoms with E-state index in [1.807, 2.05) is 19.1 Å². The summed E-state index contributed by atoms with van der Waals surface area (Å²) in [6.07, 6.45) is 2.38. The fraction of sp³-hybridized carbons (Fsp3) is 0.250. The van der Waals surface area contributed by atoms with Crippen LogP contribution in [0.2, 0.25) is 0 Å². The number of benzene rings is 1. The first-order valence-corrected chi connectivity index (χ1v) is 6.84. The summed E-state index contributed by atoms with van der Waals surface area (Å²) in [5.41, 5.74) is 1.97. The van der Waals surface area contributed by atoms with Crippen molar-refractivity contribution in [1.29, 1.82) is 0 Å². The van der Waals surface area contributed by atoms with Gasteiger partial charge in [-0.2, -0.15) is 0 Å². The average Bonchev–Trinajstić information content (AvgIpc) is 3.10. The first-order chi connectivity index (χ1) is 10.1. The van der Waals surface area contributed by atoms with Crippen molar-refractivity contribution < 1.29 is 19.1 Å². The van der Waals surface area contributed by atoms with Gasteiger partial charge in [0, 0.05) is 18.5 Å². The van der Waals surface area contributed by atoms with Crippen molar-refractivity contribution >= 4 is 17.6 Å². The molecule has 0 bridgehead atoms. The van der Waals surface area contributed by atoms with E-state index in [9.17, 15) is 14.7 Å². The number of carbonyl (C=O) groups is 2. The van der Waals surface area contributed by atoms with Crippen molar-refractivity contribution in [1.82, 2.24) is 0 Å². The lowest BCUT2D eigenvalue weighted by Gasteiger charge is -2.22. The Morgan fingerprint density at radius 2 is 2.10 bits per heavy atom. The van der Waals surface area contributed by atoms with E-state index in [2.05, 4.69) is 0 Å². The Labute approximate surface area is 121 Å². The van der Waals surface area contributed by atoms with Gasteiger partial charge in [0.15, 0.2) is 0 Å². The highest BCUT2D eigenvalue weighted by atomic mass is 16.4. The number of carbonyl (C=O) groups excluding carboxylic acids is 1. The van der Waals surface area contributed by atoms with Crippen molar-refractivity contribution in [3.05, 3.63) is 53.5 Å². The lowest BCUT2D eigenvalue weighted by Crippen LogP contribution is -2.43. The zero-order valence-electron chi connectivity index (χ0n) is 11.6. The second-order valence-electron chi connectivity index (χ2n) is 4.97. The molecule has 21 heavy (non-hydrogen) atoms. The molecule has 0 aliphatic carbocycles. The molecule has 5 heteroatoms. The summed E-state index contributed by atoms with van der Waals surface area (Å²) in [4.78, 5) is 25.6. The van der Waals surface area contributed by atoms with Gasteiger partial charge in [-0.25, -0.2) is 4.79 Å². The van der Waals surface area contributed by atoms with E-state index >= 15 is 0 Å². The molecular formula is C16H15NO4. The lowest BCUT2D eigenvalue weighted by molar-refractivity contribution is -0.138. The maximum Gasteiger partial charge on any atom is 0.327 e. The number of para-hydroxylation sites is 1. The Balaban J connectivity index is 2.06. The highest BCUT2D eigenvalue weighted by Gasteiger charge is 2.39. The largest absolute Gasteiger partial charge is 0.480 e. The third kappa shape index (κ3) is 2.11. The first kappa shape index (κ1) is 13.4. The summed E-state index contributed by atoms with van der Waals surface area (Å²) in [5.74, 6) is -0.743. The van der Waals surface area contributed by atoms with Crippen LogP contribution in [0.3, 0.4) is 0 Å². The summed E-state index contributed by atoms with van der Waals surface area (Å²) >= 11 is 0. The molecule has 1 aromatic heterocycles. The highest BCUT2D eigenvalue weighted by molar-refractivity contribution is 6.11. The lowest BCUT2D eigenvalue weighted by atomic mass is 10.1. The van der Waals surface area contributed by atoms with Crippen LogP contribution in [0.5, 0.6) is 0 Å². The Morgan fingerprint density at radius 3 is 2.81 bits per heavy atom. The smallest absolute Gasteiger partial charge is 0.327 e. The molecule has 1 aliphatic heterocycles. The topological polar surface area (TPSA) is 70.8 Å². The van der Waals surface area contributed by atoms with E-state index in [4.69, 9.17) is 4.42 Å². The number of furan rings is 1. The second-order valence-corrected chi connectivity index (χ2v) is 4.97. The molecule has 2 heterocycles. The van der Waals surface area contributed by atoms with Crippen LogP contribution in [0, 0.1) is 0 Å². The molecule has 1 aliphatic rings. The number of aliphatic carboxylic acids is 1. The second kappa shape index (κ2) is 5.09. The van der Waals surface area contributed by atoms with Gasteiger partial charge in [0.05, 0.1) is 11.8 Å². The first-order valence-electron chi connectivity index (χ1n) is 6.84. The Morgan fingerprint density at radius 1 is 1.33 bits per heavy atom. The van der Waals surface area contributed by atoms with Crippen LogP contribution in [0.25, 0.3) is 0 Å². The van der Waals surface area contributed by atoms with Crippen molar-refractivity contribution in [3.63, 3.8) is 0 Å². The minimum Gasteiger partial charge on any atom is -0.480 e. The number of nitrogens with zero attached hydrogens (tertiary/aromatic N) is 1. The number of carboxylic acids is 1. The quantitative estimate of drug-likeness (QED) is 0.940. The number of rotatable bonds is 3. The number of hydrogen-bond donors (Lipinski definition) is 1. The molecule has 1 unspecified atom stereocenters. The van der Waals surface area contributed by atoms with Crippen molar-refractivity contribution in [2.75, 3.05) is 4.90 Å². The van der Waals surface area contributed by atoms with E-state index in [1.165, 1.54) is 11.2 Å². The molecule has 5 nitrogen and oxygen atoms in total. The zero-order chi connectivity index (χ0) is 15.0. The molecule has 0 spiro atoms. The third-order valence-electron chi connectivity index (χ3n) is 3.78. The molecule has 1 atom stereocenters. The summed E-state index contributed by atoms with van der Waals surface area (Å²) in [6, 6.07) is 8.02. The molecular weight excluding hydrogens is 270 g/mol. The summed E-state index contributed by atoms with van der Waals surface area (Å²) in [7, 11) is 0. The summed E-state index contributed by atoms with van der Waals surface area (Å²) in [5, 5.41) is 9.41. The van der Waals surface area contributed by atoms with E-state index in [0.717, 1.165) is 5.56 Å². The van der Waals surface area contributed by atoms with E-state index in [0.29, 0.717) is 29.9 Å². The van der Waals surface area contributed by atoms with E-state index < -0.39 is 12.0 Å². The van der Waals surface area contributed by atoms with Crippen molar-refractivity contribution in [2.45, 2.75) is 25.8 Å². The zero-order valence-corrected chi connectivity index (χ0v) is 11.6. The standard InChI is InChI=1S/C16H15NO4/c1-2-14-11(7-8-21-14)15(18)17-12-6-4-3-5-10(12)9-13(17)16(19)20/h3-8,13H,2,9H2,1H3,(H,19,20). The molecule has 108 valence electrons. The Hall–Kier alpha value is -2.56. The fourth-order valence-corrected chi connectivity index (χ4v) is 2.77. The van der Waals surface area contributed by atoms with Gasteiger partial charge in [0.25, 0.3) is 5.91 Å². The maximum absolute atomic E-state index is 12.8. The molecule has 0 saturated carbocycles. The molecule has 1 aromatic carbocycles. The number of fused-ring (bicyclic) bond motifs is 1. The molecule has 0 fully saturated rings. The fourth-order valence-electron chi connectivity index (χ4n) is 2.77. The van der Waals surface area contributed by atoms with Gasteiger partial charge in [0.1, 0.15) is 11.8 Å². The number of aryl methyl sites for hydroxylation is 1. The van der Waals surface area contributed by atoms with Gasteiger partial charge in [-0.05, 0) is 17.7 Å². The van der Waals surface area contributed by atoms with Crippen LogP contribution < -0.4 is 4.90 Å². The van der Waals surface area contributed by atoms with E-state index in [-0.39, 0.29) is 5.91 Å². The number of hydrogen-bond acceptors (Lipinski definition) is 3. The van der Waals surface area contributed by atoms with Gasteiger partial charge in [-0.1, -0.05) is 25.1 Å². The number of amides is 1. The van der Waals surface area contributed by atoms with Crippen LogP contribution in [-0.2, 0) is 17.6 Å². The Kier molecular flexibility index (Phi) is 3.25. The van der Waals surface area contributed by atoms with Gasteiger partial charge >= 0.3 is 5.97 Å². The van der Waals surface area contributed by atoms with Gasteiger partial charge in [-0.15, -0.1) is 0 Å². The molecule has 2 aromatic rings. The molecule has 0 saturated heterocycles. The van der Waals surface area contributed by atoms with Crippen LogP contribution in [-0.4, -0.2) is 23.0 Å². The molecule has 3 rings (SSSR count). The average molecular weight is 285 g/mol. The Bertz CT molecular complexity index is 704. The van der Waals surface area contributed by atoms with E-state index in [1.54, 1.807) is 18.2 Å². The predicted octanol–water partition coefficient (Wildman–Crippen LogP) is 2.50. The van der Waals surface area contributed by atoms with Crippen molar-refractivity contribution in [3.8, 4) is 0 Å². The summed E-state index contributed by atoms with van der Waals surface area (Å²) in [6.45, 7) is 1.89. The van der Waals surface area contributed by atoms with Gasteiger partial charge in [-0.3, -0.25) is 9.69 Å². The van der Waals surface area contributed by atoms with Gasteiger partial charge < -0.3 is 9.52 Å². The minimum atomic E-state index is -0.999. The normalized spacial score (nSPS) is 16.8. The van der Waals surface area contributed by atoms with Crippen LogP contribution >= 0.6 is 0 Å². The SMILES string of the molecule is CCc1occc1C(=O)N1c2ccccc2CC1C(=O)O. The molecule has 1 amide bonds. The van der Waals surface area contributed by atoms with Gasteiger partial charge in [0.2, 0.25) is 0 Å². The van der Waals surface area contributed by atoms with Crippen LogP contribution in [0.15, 0.2) is 41.0 Å². The molecule has 0 radical (unpaired) electrons. The third-order valence-corrected chi connectivity index (χ3v) is 3.78. The number of anilines is 1. The number of carboxylic acid groups (broad SMARTS) is 1. The minimum absolute atomic E-state index is 0.321. The predicted molar refractivity (Wildman–Crippen MR) is 76.5 cm³/mol. The monoisotopic (exact) mass is 285 g/mol. The highest BCUT2D eigenvalue weighted by Crippen LogP contribution is 2.34.